The van der Waals surface area contributed by atoms with Gasteiger partial charge in [0.2, 0.25) is 0 Å². The number of hydrogen-bond acceptors (Lipinski definition) is 3. The van der Waals surface area contributed by atoms with Crippen LogP contribution in [0.3, 0.4) is 0 Å². The highest BCUT2D eigenvalue weighted by Gasteiger charge is 2.07. The molecule has 1 N–H and O–H groups in total. The first-order valence-corrected chi connectivity index (χ1v) is 6.12. The third-order valence-electron chi connectivity index (χ3n) is 2.97. The zero-order valence-electron chi connectivity index (χ0n) is 10.8. The summed E-state index contributed by atoms with van der Waals surface area (Å²) in [5, 5.41) is 7.31. The first-order valence-electron chi connectivity index (χ1n) is 6.12. The first-order chi connectivity index (χ1) is 9.63. The Bertz CT molecular complexity index is 767. The lowest BCUT2D eigenvalue weighted by Crippen LogP contribution is -2.05. The molecule has 0 radical (unpaired) electrons. The zero-order chi connectivity index (χ0) is 14.1. The summed E-state index contributed by atoms with van der Waals surface area (Å²) >= 11 is 0. The van der Waals surface area contributed by atoms with Crippen LogP contribution in [0.2, 0.25) is 0 Å². The van der Waals surface area contributed by atoms with Crippen molar-refractivity contribution in [2.45, 2.75) is 13.5 Å². The van der Waals surface area contributed by atoms with Crippen molar-refractivity contribution >= 4 is 11.3 Å². The molecule has 3 rings (SSSR count). The van der Waals surface area contributed by atoms with Gasteiger partial charge in [-0.2, -0.15) is 5.10 Å². The minimum absolute atomic E-state index is 0.225. The molecule has 1 aromatic carbocycles. The maximum absolute atomic E-state index is 13.6. The molecule has 102 valence electrons. The maximum atomic E-state index is 13.6. The fourth-order valence-corrected chi connectivity index (χ4v) is 2.02. The molecular weight excluding hydrogens is 262 g/mol. The van der Waals surface area contributed by atoms with E-state index in [2.05, 4.69) is 15.4 Å². The van der Waals surface area contributed by atoms with E-state index < -0.39 is 11.6 Å². The van der Waals surface area contributed by atoms with Crippen molar-refractivity contribution in [3.05, 3.63) is 59.6 Å². The summed E-state index contributed by atoms with van der Waals surface area (Å²) in [4.78, 5) is 4.21. The van der Waals surface area contributed by atoms with Crippen LogP contribution < -0.4 is 5.32 Å². The van der Waals surface area contributed by atoms with E-state index in [0.29, 0.717) is 11.4 Å². The Morgan fingerprint density at radius 3 is 2.90 bits per heavy atom. The van der Waals surface area contributed by atoms with Crippen molar-refractivity contribution in [3.63, 3.8) is 0 Å². The number of hydrogen-bond donors (Lipinski definition) is 1. The molecule has 0 spiro atoms. The number of fused-ring (bicyclic) bond motifs is 1. The highest BCUT2D eigenvalue weighted by molar-refractivity contribution is 5.67. The molecule has 0 saturated heterocycles. The molecule has 4 nitrogen and oxygen atoms in total. The summed E-state index contributed by atoms with van der Waals surface area (Å²) < 4.78 is 28.1. The summed E-state index contributed by atoms with van der Waals surface area (Å²) in [5.74, 6) is -0.552. The Morgan fingerprint density at radius 2 is 2.10 bits per heavy atom. The van der Waals surface area contributed by atoms with Crippen LogP contribution in [0.1, 0.15) is 11.3 Å². The quantitative estimate of drug-likeness (QED) is 0.798. The molecule has 0 aliphatic heterocycles. The highest BCUT2D eigenvalue weighted by atomic mass is 19.1. The number of nitrogens with zero attached hydrogens (tertiary/aromatic N) is 3. The van der Waals surface area contributed by atoms with Crippen LogP contribution in [0.25, 0.3) is 5.52 Å². The van der Waals surface area contributed by atoms with E-state index in [1.54, 1.807) is 16.9 Å². The molecule has 0 bridgehead atoms. The lowest BCUT2D eigenvalue weighted by molar-refractivity contribution is 0.574. The SMILES string of the molecule is Cc1cc2c(NCc3ccc(F)cc3F)nccn2n1. The number of benzene rings is 1. The minimum Gasteiger partial charge on any atom is -0.364 e. The first kappa shape index (κ1) is 12.5. The van der Waals surface area contributed by atoms with Crippen LogP contribution in [-0.4, -0.2) is 14.6 Å². The predicted molar refractivity (Wildman–Crippen MR) is 71.4 cm³/mol. The number of aromatic nitrogens is 3. The fourth-order valence-electron chi connectivity index (χ4n) is 2.02. The van der Waals surface area contributed by atoms with Crippen LogP contribution in [0.4, 0.5) is 14.6 Å². The van der Waals surface area contributed by atoms with E-state index in [1.807, 2.05) is 13.0 Å². The van der Waals surface area contributed by atoms with Crippen molar-refractivity contribution in [1.82, 2.24) is 14.6 Å². The van der Waals surface area contributed by atoms with Crippen LogP contribution in [0.5, 0.6) is 0 Å². The van der Waals surface area contributed by atoms with E-state index in [4.69, 9.17) is 0 Å². The molecule has 0 saturated carbocycles. The summed E-state index contributed by atoms with van der Waals surface area (Å²) in [6.45, 7) is 2.11. The lowest BCUT2D eigenvalue weighted by atomic mass is 10.2. The van der Waals surface area contributed by atoms with Crippen molar-refractivity contribution in [2.75, 3.05) is 5.32 Å². The summed E-state index contributed by atoms with van der Waals surface area (Å²) in [6.07, 6.45) is 3.36. The fraction of sp³-hybridized carbons (Fsp3) is 0.143. The van der Waals surface area contributed by atoms with Gasteiger partial charge in [-0.3, -0.25) is 0 Å². The van der Waals surface area contributed by atoms with Crippen molar-refractivity contribution in [2.24, 2.45) is 0 Å². The van der Waals surface area contributed by atoms with Gasteiger partial charge in [0, 0.05) is 30.6 Å². The Kier molecular flexibility index (Phi) is 3.06. The topological polar surface area (TPSA) is 42.2 Å². The number of aryl methyl sites for hydroxylation is 1. The van der Waals surface area contributed by atoms with Crippen LogP contribution >= 0.6 is 0 Å². The molecular formula is C14H12F2N4. The average Bonchev–Trinajstić information content (AvgIpc) is 2.78. The van der Waals surface area contributed by atoms with Crippen molar-refractivity contribution < 1.29 is 8.78 Å². The van der Waals surface area contributed by atoms with Gasteiger partial charge in [0.05, 0.1) is 5.69 Å². The van der Waals surface area contributed by atoms with Gasteiger partial charge < -0.3 is 5.32 Å². The smallest absolute Gasteiger partial charge is 0.152 e. The van der Waals surface area contributed by atoms with Crippen molar-refractivity contribution in [3.8, 4) is 0 Å². The maximum Gasteiger partial charge on any atom is 0.152 e. The molecule has 2 heterocycles. The molecule has 0 amide bonds. The summed E-state index contributed by atoms with van der Waals surface area (Å²) in [5.41, 5.74) is 2.06. The zero-order valence-corrected chi connectivity index (χ0v) is 10.8. The van der Waals surface area contributed by atoms with Crippen LogP contribution in [0, 0.1) is 18.6 Å². The number of halogens is 2. The normalized spacial score (nSPS) is 10.9. The van der Waals surface area contributed by atoms with E-state index in [1.165, 1.54) is 12.1 Å². The highest BCUT2D eigenvalue weighted by Crippen LogP contribution is 2.17. The van der Waals surface area contributed by atoms with E-state index in [-0.39, 0.29) is 6.54 Å². The molecule has 0 aliphatic rings. The third kappa shape index (κ3) is 2.32. The Labute approximate surface area is 114 Å². The Hall–Kier alpha value is -2.50. The monoisotopic (exact) mass is 274 g/mol. The van der Waals surface area contributed by atoms with Crippen LogP contribution in [0.15, 0.2) is 36.7 Å². The molecule has 3 aromatic rings. The van der Waals surface area contributed by atoms with Gasteiger partial charge in [-0.05, 0) is 19.1 Å². The Morgan fingerprint density at radius 1 is 1.25 bits per heavy atom. The summed E-state index contributed by atoms with van der Waals surface area (Å²) in [7, 11) is 0. The predicted octanol–water partition coefficient (Wildman–Crippen LogP) is 2.93. The van der Waals surface area contributed by atoms with Crippen LogP contribution in [-0.2, 0) is 6.54 Å². The van der Waals surface area contributed by atoms with E-state index in [9.17, 15) is 8.78 Å². The molecule has 2 aromatic heterocycles. The Balaban J connectivity index is 1.86. The molecule has 0 atom stereocenters. The molecule has 0 fully saturated rings. The number of rotatable bonds is 3. The van der Waals surface area contributed by atoms with Gasteiger partial charge in [0.1, 0.15) is 17.2 Å². The molecule has 0 aliphatic carbocycles. The standard InChI is InChI=1S/C14H12F2N4/c1-9-6-13-14(17-4-5-20(13)19-9)18-8-10-2-3-11(15)7-12(10)16/h2-7H,8H2,1H3,(H,17,18). The van der Waals surface area contributed by atoms with Gasteiger partial charge in [-0.15, -0.1) is 0 Å². The van der Waals surface area contributed by atoms with Gasteiger partial charge in [0.15, 0.2) is 5.82 Å². The lowest BCUT2D eigenvalue weighted by Gasteiger charge is -2.07. The third-order valence-corrected chi connectivity index (χ3v) is 2.97. The second kappa shape index (κ2) is 4.88. The second-order valence-corrected chi connectivity index (χ2v) is 4.48. The van der Waals surface area contributed by atoms with Crippen molar-refractivity contribution in [1.29, 1.82) is 0 Å². The van der Waals surface area contributed by atoms with Gasteiger partial charge in [-0.1, -0.05) is 6.07 Å². The average molecular weight is 274 g/mol. The summed E-state index contributed by atoms with van der Waals surface area (Å²) in [6, 6.07) is 5.40. The van der Waals surface area contributed by atoms with Gasteiger partial charge in [-0.25, -0.2) is 18.3 Å². The molecule has 6 heteroatoms. The minimum atomic E-state index is -0.585. The molecule has 0 unspecified atom stereocenters. The number of nitrogens with one attached hydrogen (secondary N) is 1. The van der Waals surface area contributed by atoms with Gasteiger partial charge >= 0.3 is 0 Å². The number of anilines is 1. The second-order valence-electron chi connectivity index (χ2n) is 4.48. The van der Waals surface area contributed by atoms with Gasteiger partial charge in [0.25, 0.3) is 0 Å². The van der Waals surface area contributed by atoms with E-state index in [0.717, 1.165) is 17.3 Å². The largest absolute Gasteiger partial charge is 0.364 e. The molecule has 20 heavy (non-hydrogen) atoms. The van der Waals surface area contributed by atoms with E-state index >= 15 is 0 Å².